The maximum atomic E-state index is 11.0. The Morgan fingerprint density at radius 3 is 2.64 bits per heavy atom. The van der Waals surface area contributed by atoms with Gasteiger partial charge >= 0.3 is 0 Å². The van der Waals surface area contributed by atoms with Crippen LogP contribution < -0.4 is 16.0 Å². The molecule has 0 spiro atoms. The number of guanidine groups is 1. The summed E-state index contributed by atoms with van der Waals surface area (Å²) >= 11 is 0. The average Bonchev–Trinajstić information content (AvgIpc) is 3.07. The van der Waals surface area contributed by atoms with Crippen molar-refractivity contribution in [3.63, 3.8) is 0 Å². The molecule has 6 nitrogen and oxygen atoms in total. The normalized spacial score (nSPS) is 16.9. The second-order valence-corrected chi connectivity index (χ2v) is 5.91. The first-order chi connectivity index (χ1) is 11.7. The van der Waals surface area contributed by atoms with Crippen molar-refractivity contribution in [3.05, 3.63) is 29.8 Å². The van der Waals surface area contributed by atoms with Gasteiger partial charge in [-0.3, -0.25) is 9.79 Å². The lowest BCUT2D eigenvalue weighted by molar-refractivity contribution is -0.114. The van der Waals surface area contributed by atoms with Crippen LogP contribution in [0, 0.1) is 0 Å². The highest BCUT2D eigenvalue weighted by molar-refractivity contribution is 14.0. The summed E-state index contributed by atoms with van der Waals surface area (Å²) < 4.78 is 5.60. The van der Waals surface area contributed by atoms with Gasteiger partial charge in [-0.15, -0.1) is 24.0 Å². The van der Waals surface area contributed by atoms with E-state index in [4.69, 9.17) is 4.74 Å². The number of anilines is 1. The molecule has 1 fully saturated rings. The van der Waals surface area contributed by atoms with Crippen LogP contribution in [-0.2, 0) is 16.0 Å². The van der Waals surface area contributed by atoms with Gasteiger partial charge in [-0.1, -0.05) is 12.1 Å². The summed E-state index contributed by atoms with van der Waals surface area (Å²) in [6.07, 6.45) is 3.40. The summed E-state index contributed by atoms with van der Waals surface area (Å²) in [6.45, 7) is 6.78. The molecule has 1 aliphatic rings. The fourth-order valence-corrected chi connectivity index (χ4v) is 2.61. The molecule has 2 rings (SSSR count). The van der Waals surface area contributed by atoms with Gasteiger partial charge in [-0.25, -0.2) is 0 Å². The summed E-state index contributed by atoms with van der Waals surface area (Å²) in [5, 5.41) is 9.38. The van der Waals surface area contributed by atoms with E-state index in [9.17, 15) is 4.79 Å². The molecule has 0 aliphatic carbocycles. The third-order valence-electron chi connectivity index (χ3n) is 3.80. The van der Waals surface area contributed by atoms with Crippen molar-refractivity contribution in [1.82, 2.24) is 10.6 Å². The molecular formula is C18H29IN4O2. The van der Waals surface area contributed by atoms with Gasteiger partial charge in [0, 0.05) is 32.3 Å². The summed E-state index contributed by atoms with van der Waals surface area (Å²) in [5.41, 5.74) is 2.04. The molecule has 140 valence electrons. The SMILES string of the molecule is CCNC(=NCC1CCCO1)NCCc1ccc(NC(C)=O)cc1.I. The van der Waals surface area contributed by atoms with Crippen LogP contribution in [0.4, 0.5) is 5.69 Å². The topological polar surface area (TPSA) is 74.8 Å². The van der Waals surface area contributed by atoms with E-state index in [0.717, 1.165) is 50.6 Å². The average molecular weight is 460 g/mol. The highest BCUT2D eigenvalue weighted by Gasteiger charge is 2.14. The van der Waals surface area contributed by atoms with Gasteiger partial charge in [-0.2, -0.15) is 0 Å². The molecular weight excluding hydrogens is 431 g/mol. The van der Waals surface area contributed by atoms with Gasteiger partial charge in [0.05, 0.1) is 12.6 Å². The zero-order valence-electron chi connectivity index (χ0n) is 15.0. The number of nitrogens with zero attached hydrogens (tertiary/aromatic N) is 1. The number of carbonyl (C=O) groups excluding carboxylic acids is 1. The number of rotatable bonds is 7. The van der Waals surface area contributed by atoms with Gasteiger partial charge in [0.25, 0.3) is 0 Å². The Hall–Kier alpha value is -1.35. The number of ether oxygens (including phenoxy) is 1. The molecule has 0 bridgehead atoms. The van der Waals surface area contributed by atoms with Gasteiger partial charge < -0.3 is 20.7 Å². The zero-order valence-corrected chi connectivity index (χ0v) is 17.3. The zero-order chi connectivity index (χ0) is 17.2. The Labute approximate surface area is 167 Å². The molecule has 1 atom stereocenters. The van der Waals surface area contributed by atoms with Crippen LogP contribution in [0.25, 0.3) is 0 Å². The van der Waals surface area contributed by atoms with Gasteiger partial charge in [-0.05, 0) is 43.9 Å². The second kappa shape index (κ2) is 12.1. The van der Waals surface area contributed by atoms with E-state index in [1.54, 1.807) is 0 Å². The standard InChI is InChI=1S/C18H28N4O2.HI/c1-3-19-18(21-13-17-5-4-12-24-17)20-11-10-15-6-8-16(9-7-15)22-14(2)23;/h6-9,17H,3-5,10-13H2,1-2H3,(H,22,23)(H2,19,20,21);1H. The number of aliphatic imine (C=N–C) groups is 1. The predicted molar refractivity (Wildman–Crippen MR) is 113 cm³/mol. The highest BCUT2D eigenvalue weighted by Crippen LogP contribution is 2.12. The van der Waals surface area contributed by atoms with E-state index < -0.39 is 0 Å². The predicted octanol–water partition coefficient (Wildman–Crippen LogP) is 2.54. The third-order valence-corrected chi connectivity index (χ3v) is 3.80. The lowest BCUT2D eigenvalue weighted by Crippen LogP contribution is -2.38. The maximum Gasteiger partial charge on any atom is 0.221 e. The summed E-state index contributed by atoms with van der Waals surface area (Å²) in [7, 11) is 0. The van der Waals surface area contributed by atoms with Crippen molar-refractivity contribution in [2.75, 3.05) is 31.6 Å². The number of halogens is 1. The Morgan fingerprint density at radius 1 is 1.28 bits per heavy atom. The van der Waals surface area contributed by atoms with E-state index in [2.05, 4.69) is 27.9 Å². The third kappa shape index (κ3) is 8.53. The van der Waals surface area contributed by atoms with Crippen LogP contribution in [0.1, 0.15) is 32.3 Å². The number of carbonyl (C=O) groups is 1. The smallest absolute Gasteiger partial charge is 0.221 e. The van der Waals surface area contributed by atoms with Crippen LogP contribution in [0.2, 0.25) is 0 Å². The molecule has 1 amide bonds. The van der Waals surface area contributed by atoms with Gasteiger partial charge in [0.15, 0.2) is 5.96 Å². The molecule has 25 heavy (non-hydrogen) atoms. The highest BCUT2D eigenvalue weighted by atomic mass is 127. The van der Waals surface area contributed by atoms with Crippen molar-refractivity contribution in [1.29, 1.82) is 0 Å². The fraction of sp³-hybridized carbons (Fsp3) is 0.556. The van der Waals surface area contributed by atoms with Crippen LogP contribution in [0.15, 0.2) is 29.3 Å². The van der Waals surface area contributed by atoms with Crippen LogP contribution in [0.3, 0.4) is 0 Å². The Morgan fingerprint density at radius 2 is 2.04 bits per heavy atom. The van der Waals surface area contributed by atoms with E-state index in [0.29, 0.717) is 6.54 Å². The summed E-state index contributed by atoms with van der Waals surface area (Å²) in [5.74, 6) is 0.782. The van der Waals surface area contributed by atoms with Crippen molar-refractivity contribution in [2.24, 2.45) is 4.99 Å². The van der Waals surface area contributed by atoms with Crippen molar-refractivity contribution in [3.8, 4) is 0 Å². The van der Waals surface area contributed by atoms with Crippen molar-refractivity contribution < 1.29 is 9.53 Å². The minimum Gasteiger partial charge on any atom is -0.376 e. The van der Waals surface area contributed by atoms with E-state index >= 15 is 0 Å². The van der Waals surface area contributed by atoms with Crippen LogP contribution in [0.5, 0.6) is 0 Å². The molecule has 1 aliphatic heterocycles. The lowest BCUT2D eigenvalue weighted by Gasteiger charge is -2.13. The first-order valence-electron chi connectivity index (χ1n) is 8.67. The molecule has 3 N–H and O–H groups in total. The summed E-state index contributed by atoms with van der Waals surface area (Å²) in [4.78, 5) is 15.6. The lowest BCUT2D eigenvalue weighted by atomic mass is 10.1. The minimum absolute atomic E-state index is 0. The van der Waals surface area contributed by atoms with Gasteiger partial charge in [0.2, 0.25) is 5.91 Å². The minimum atomic E-state index is -0.0536. The molecule has 1 aromatic rings. The molecule has 7 heteroatoms. The maximum absolute atomic E-state index is 11.0. The first kappa shape index (κ1) is 21.7. The molecule has 1 unspecified atom stereocenters. The Balaban J connectivity index is 0.00000312. The molecule has 1 saturated heterocycles. The van der Waals surface area contributed by atoms with Crippen molar-refractivity contribution >= 4 is 41.5 Å². The number of hydrogen-bond acceptors (Lipinski definition) is 3. The largest absolute Gasteiger partial charge is 0.376 e. The number of hydrogen-bond donors (Lipinski definition) is 3. The first-order valence-corrected chi connectivity index (χ1v) is 8.67. The Bertz CT molecular complexity index is 543. The monoisotopic (exact) mass is 460 g/mol. The van der Waals surface area contributed by atoms with Crippen LogP contribution in [-0.4, -0.2) is 44.2 Å². The quantitative estimate of drug-likeness (QED) is 0.332. The second-order valence-electron chi connectivity index (χ2n) is 5.91. The molecule has 0 aromatic heterocycles. The van der Waals surface area contributed by atoms with E-state index in [-0.39, 0.29) is 36.0 Å². The van der Waals surface area contributed by atoms with Gasteiger partial charge in [0.1, 0.15) is 0 Å². The Kier molecular flexibility index (Phi) is 10.5. The summed E-state index contributed by atoms with van der Waals surface area (Å²) in [6, 6.07) is 7.91. The molecule has 0 radical (unpaired) electrons. The molecule has 1 heterocycles. The van der Waals surface area contributed by atoms with Crippen molar-refractivity contribution in [2.45, 2.75) is 39.2 Å². The fourth-order valence-electron chi connectivity index (χ4n) is 2.61. The van der Waals surface area contributed by atoms with E-state index in [1.807, 2.05) is 24.3 Å². The molecule has 1 aromatic carbocycles. The van der Waals surface area contributed by atoms with Crippen LogP contribution >= 0.6 is 24.0 Å². The number of nitrogens with one attached hydrogen (secondary N) is 3. The van der Waals surface area contributed by atoms with E-state index in [1.165, 1.54) is 12.5 Å². The number of amides is 1. The number of benzene rings is 1. The molecule has 0 saturated carbocycles.